The van der Waals surface area contributed by atoms with Gasteiger partial charge in [-0.25, -0.2) is 4.98 Å². The fourth-order valence-corrected chi connectivity index (χ4v) is 5.47. The van der Waals surface area contributed by atoms with Gasteiger partial charge in [0.25, 0.3) is 0 Å². The summed E-state index contributed by atoms with van der Waals surface area (Å²) in [4.78, 5) is 20.8. The maximum Gasteiger partial charge on any atom is 0.229 e. The largest absolute Gasteiger partial charge is 0.486 e. The minimum Gasteiger partial charge on any atom is -0.486 e. The van der Waals surface area contributed by atoms with Crippen LogP contribution < -0.4 is 9.47 Å². The van der Waals surface area contributed by atoms with E-state index in [1.165, 1.54) is 0 Å². The van der Waals surface area contributed by atoms with E-state index in [0.29, 0.717) is 19.6 Å². The Kier molecular flexibility index (Phi) is 4.78. The van der Waals surface area contributed by atoms with Crippen molar-refractivity contribution >= 4 is 28.6 Å². The van der Waals surface area contributed by atoms with E-state index >= 15 is 0 Å². The SMILES string of the molecule is O=C(Cc1csc(-c2cccs2)n1)N1CCCC1c1ccc2c(c1)OCCO2. The minimum absolute atomic E-state index is 0.0960. The fourth-order valence-electron chi connectivity index (χ4n) is 3.84. The lowest BCUT2D eigenvalue weighted by Gasteiger charge is -2.26. The summed E-state index contributed by atoms with van der Waals surface area (Å²) >= 11 is 3.28. The van der Waals surface area contributed by atoms with E-state index in [-0.39, 0.29) is 11.9 Å². The standard InChI is InChI=1S/C21H20N2O3S2/c24-20(12-15-13-28-21(22-15)19-4-2-10-27-19)23-7-1-3-16(23)14-5-6-17-18(11-14)26-9-8-25-17/h2,4-6,10-11,13,16H,1,3,7-9,12H2. The lowest BCUT2D eigenvalue weighted by molar-refractivity contribution is -0.131. The van der Waals surface area contributed by atoms with Gasteiger partial charge in [0.1, 0.15) is 18.2 Å². The van der Waals surface area contributed by atoms with Crippen molar-refractivity contribution in [1.29, 1.82) is 0 Å². The van der Waals surface area contributed by atoms with Gasteiger partial charge in [-0.3, -0.25) is 4.79 Å². The first-order chi connectivity index (χ1) is 13.8. The quantitative estimate of drug-likeness (QED) is 0.631. The molecule has 2 aliphatic rings. The average Bonchev–Trinajstić information content (AvgIpc) is 3.48. The number of likely N-dealkylation sites (tertiary alicyclic amines) is 1. The van der Waals surface area contributed by atoms with Crippen LogP contribution in [0.5, 0.6) is 11.5 Å². The second-order valence-corrected chi connectivity index (χ2v) is 8.75. The van der Waals surface area contributed by atoms with Gasteiger partial charge >= 0.3 is 0 Å². The van der Waals surface area contributed by atoms with E-state index in [1.54, 1.807) is 22.7 Å². The molecule has 0 N–H and O–H groups in total. The van der Waals surface area contributed by atoms with Crippen molar-refractivity contribution in [3.8, 4) is 21.4 Å². The van der Waals surface area contributed by atoms with Crippen LogP contribution in [0.15, 0.2) is 41.1 Å². The van der Waals surface area contributed by atoms with E-state index in [1.807, 2.05) is 33.9 Å². The highest BCUT2D eigenvalue weighted by Crippen LogP contribution is 2.38. The van der Waals surface area contributed by atoms with Crippen LogP contribution in [0.25, 0.3) is 9.88 Å². The molecule has 144 valence electrons. The van der Waals surface area contributed by atoms with Gasteiger partial charge in [-0.2, -0.15) is 0 Å². The van der Waals surface area contributed by atoms with E-state index < -0.39 is 0 Å². The summed E-state index contributed by atoms with van der Waals surface area (Å²) in [7, 11) is 0. The highest BCUT2D eigenvalue weighted by Gasteiger charge is 2.31. The van der Waals surface area contributed by atoms with Crippen LogP contribution in [0.1, 0.15) is 30.1 Å². The molecule has 3 aromatic rings. The number of benzene rings is 1. The highest BCUT2D eigenvalue weighted by molar-refractivity contribution is 7.20. The molecule has 28 heavy (non-hydrogen) atoms. The van der Waals surface area contributed by atoms with E-state index in [9.17, 15) is 4.79 Å². The molecule has 4 heterocycles. The maximum absolute atomic E-state index is 13.0. The van der Waals surface area contributed by atoms with Gasteiger partial charge in [0.2, 0.25) is 5.91 Å². The van der Waals surface area contributed by atoms with E-state index in [2.05, 4.69) is 17.1 Å². The van der Waals surface area contributed by atoms with Crippen LogP contribution in [-0.2, 0) is 11.2 Å². The van der Waals surface area contributed by atoms with Crippen molar-refractivity contribution in [3.63, 3.8) is 0 Å². The van der Waals surface area contributed by atoms with Crippen molar-refractivity contribution in [2.75, 3.05) is 19.8 Å². The number of carbonyl (C=O) groups is 1. The molecule has 0 saturated carbocycles. The third-order valence-electron chi connectivity index (χ3n) is 5.14. The number of amides is 1. The molecule has 0 spiro atoms. The first-order valence-electron chi connectivity index (χ1n) is 9.45. The normalized spacial score (nSPS) is 18.4. The zero-order chi connectivity index (χ0) is 18.9. The molecule has 1 unspecified atom stereocenters. The molecule has 1 saturated heterocycles. The van der Waals surface area contributed by atoms with Crippen LogP contribution in [0.2, 0.25) is 0 Å². The van der Waals surface area contributed by atoms with Crippen LogP contribution in [0.4, 0.5) is 0 Å². The molecule has 0 bridgehead atoms. The number of rotatable bonds is 4. The number of hydrogen-bond donors (Lipinski definition) is 0. The molecule has 0 radical (unpaired) electrons. The first kappa shape index (κ1) is 17.7. The molecule has 1 amide bonds. The third kappa shape index (κ3) is 3.40. The Balaban J connectivity index is 1.32. The topological polar surface area (TPSA) is 51.7 Å². The van der Waals surface area contributed by atoms with Crippen LogP contribution in [0, 0.1) is 0 Å². The number of carbonyl (C=O) groups excluding carboxylic acids is 1. The number of thiophene rings is 1. The Hall–Kier alpha value is -2.38. The van der Waals surface area contributed by atoms with Gasteiger partial charge in [-0.05, 0) is 42.0 Å². The Morgan fingerprint density at radius 3 is 2.93 bits per heavy atom. The van der Waals surface area contributed by atoms with Crippen LogP contribution in [0.3, 0.4) is 0 Å². The molecule has 1 fully saturated rings. The lowest BCUT2D eigenvalue weighted by atomic mass is 10.0. The molecule has 0 aliphatic carbocycles. The van der Waals surface area contributed by atoms with Crippen molar-refractivity contribution in [3.05, 3.63) is 52.3 Å². The average molecular weight is 413 g/mol. The lowest BCUT2D eigenvalue weighted by Crippen LogP contribution is -2.32. The molecule has 1 atom stereocenters. The number of fused-ring (bicyclic) bond motifs is 1. The van der Waals surface area contributed by atoms with Gasteiger partial charge in [0.05, 0.1) is 23.0 Å². The van der Waals surface area contributed by atoms with Crippen molar-refractivity contribution in [1.82, 2.24) is 9.88 Å². The number of hydrogen-bond acceptors (Lipinski definition) is 6. The second kappa shape index (κ2) is 7.56. The Labute approximate surface area is 171 Å². The van der Waals surface area contributed by atoms with Crippen molar-refractivity contribution in [2.24, 2.45) is 0 Å². The molecule has 5 nitrogen and oxygen atoms in total. The molecule has 2 aromatic heterocycles. The van der Waals surface area contributed by atoms with Gasteiger partial charge in [0, 0.05) is 11.9 Å². The number of ether oxygens (including phenoxy) is 2. The molecule has 1 aromatic carbocycles. The summed E-state index contributed by atoms with van der Waals surface area (Å²) in [6, 6.07) is 10.2. The number of thiazole rings is 1. The number of aromatic nitrogens is 1. The highest BCUT2D eigenvalue weighted by atomic mass is 32.1. The predicted octanol–water partition coefficient (Wildman–Crippen LogP) is 4.55. The van der Waals surface area contributed by atoms with Gasteiger partial charge in [-0.1, -0.05) is 12.1 Å². The molecular formula is C21H20N2O3S2. The van der Waals surface area contributed by atoms with Gasteiger partial charge < -0.3 is 14.4 Å². The zero-order valence-corrected chi connectivity index (χ0v) is 16.9. The Morgan fingerprint density at radius 2 is 2.07 bits per heavy atom. The third-order valence-corrected chi connectivity index (χ3v) is 7.07. The zero-order valence-electron chi connectivity index (χ0n) is 15.3. The van der Waals surface area contributed by atoms with Crippen molar-refractivity contribution < 1.29 is 14.3 Å². The van der Waals surface area contributed by atoms with Crippen LogP contribution in [-0.4, -0.2) is 35.5 Å². The predicted molar refractivity (Wildman–Crippen MR) is 110 cm³/mol. The second-order valence-electron chi connectivity index (χ2n) is 6.95. The summed E-state index contributed by atoms with van der Waals surface area (Å²) in [5, 5.41) is 5.04. The Morgan fingerprint density at radius 1 is 1.18 bits per heavy atom. The summed E-state index contributed by atoms with van der Waals surface area (Å²) in [5.41, 5.74) is 1.97. The molecular weight excluding hydrogens is 392 g/mol. The van der Waals surface area contributed by atoms with Crippen molar-refractivity contribution in [2.45, 2.75) is 25.3 Å². The smallest absolute Gasteiger partial charge is 0.229 e. The summed E-state index contributed by atoms with van der Waals surface area (Å²) in [5.74, 6) is 1.71. The summed E-state index contributed by atoms with van der Waals surface area (Å²) < 4.78 is 11.3. The summed E-state index contributed by atoms with van der Waals surface area (Å²) in [6.07, 6.45) is 2.34. The Bertz CT molecular complexity index is 983. The minimum atomic E-state index is 0.0960. The van der Waals surface area contributed by atoms with Gasteiger partial charge in [0.15, 0.2) is 11.5 Å². The maximum atomic E-state index is 13.0. The molecule has 7 heteroatoms. The number of nitrogens with zero attached hydrogens (tertiary/aromatic N) is 2. The van der Waals surface area contributed by atoms with Gasteiger partial charge in [-0.15, -0.1) is 22.7 Å². The van der Waals surface area contributed by atoms with E-state index in [4.69, 9.17) is 9.47 Å². The first-order valence-corrected chi connectivity index (χ1v) is 11.2. The van der Waals surface area contributed by atoms with E-state index in [0.717, 1.165) is 52.0 Å². The van der Waals surface area contributed by atoms with Crippen LogP contribution >= 0.6 is 22.7 Å². The fraction of sp³-hybridized carbons (Fsp3) is 0.333. The monoisotopic (exact) mass is 412 g/mol. The summed E-state index contributed by atoms with van der Waals surface area (Å²) in [6.45, 7) is 1.95. The molecule has 5 rings (SSSR count). The molecule has 2 aliphatic heterocycles.